The molecule has 0 aliphatic rings. The molecule has 2 heteroatoms. The first kappa shape index (κ1) is 10.7. The second-order valence-corrected chi connectivity index (χ2v) is 3.11. The van der Waals surface area contributed by atoms with Crippen LogP contribution in [0.15, 0.2) is 36.5 Å². The number of fused-ring (bicyclic) bond motifs is 1. The molecule has 0 aliphatic heterocycles. The maximum Gasteiger partial charge on any atom is 0.0702 e. The zero-order chi connectivity index (χ0) is 10.4. The molecule has 0 atom stereocenters. The van der Waals surface area contributed by atoms with Gasteiger partial charge in [0.2, 0.25) is 0 Å². The summed E-state index contributed by atoms with van der Waals surface area (Å²) in [6.07, 6.45) is 1.89. The molecule has 0 aliphatic carbocycles. The van der Waals surface area contributed by atoms with Crippen LogP contribution in [0.4, 0.5) is 0 Å². The maximum atomic E-state index is 4.28. The molecule has 2 rings (SSSR count). The van der Waals surface area contributed by atoms with Crippen molar-refractivity contribution in [2.45, 2.75) is 6.92 Å². The highest BCUT2D eigenvalue weighted by Gasteiger charge is 1.90. The molecule has 0 radical (unpaired) electrons. The van der Waals surface area contributed by atoms with Crippen LogP contribution >= 0.6 is 0 Å². The Kier molecular flexibility index (Phi) is 4.08. The molecule has 0 fully saturated rings. The Bertz CT molecular complexity index is 398. The Morgan fingerprint density at radius 2 is 1.79 bits per heavy atom. The molecule has 2 aromatic rings. The Balaban J connectivity index is 0.000000293. The monoisotopic (exact) mass is 189 g/mol. The lowest BCUT2D eigenvalue weighted by Crippen LogP contribution is -1.78. The number of benzene rings is 1. The fraction of sp³-hybridized carbons (Fsp3) is 0.250. The summed E-state index contributed by atoms with van der Waals surface area (Å²) in [5.41, 5.74) is 2.28. The molecule has 0 amide bonds. The number of methoxy groups -OCH3 is 1. The zero-order valence-corrected chi connectivity index (χ0v) is 8.82. The predicted molar refractivity (Wildman–Crippen MR) is 59.4 cm³/mol. The number of hydrogen-bond donors (Lipinski definition) is 0. The van der Waals surface area contributed by atoms with Crippen molar-refractivity contribution in [3.63, 3.8) is 0 Å². The number of hydrogen-bond acceptors (Lipinski definition) is 2. The highest BCUT2D eigenvalue weighted by molar-refractivity contribution is 5.78. The Hall–Kier alpha value is -1.41. The van der Waals surface area contributed by atoms with Crippen LogP contribution in [0.3, 0.4) is 0 Å². The molecular weight excluding hydrogens is 174 g/mol. The van der Waals surface area contributed by atoms with E-state index in [9.17, 15) is 0 Å². The molecule has 1 heterocycles. The summed E-state index contributed by atoms with van der Waals surface area (Å²) >= 11 is 0. The van der Waals surface area contributed by atoms with Crippen LogP contribution in [0.5, 0.6) is 0 Å². The van der Waals surface area contributed by atoms with Gasteiger partial charge in [0.15, 0.2) is 0 Å². The smallest absolute Gasteiger partial charge is 0.0702 e. The summed E-state index contributed by atoms with van der Waals surface area (Å²) in [7, 11) is 3.25. The minimum absolute atomic E-state index is 1.07. The van der Waals surface area contributed by atoms with Gasteiger partial charge in [0.05, 0.1) is 5.52 Å². The molecular formula is C12H15NO. The van der Waals surface area contributed by atoms with Gasteiger partial charge >= 0.3 is 0 Å². The van der Waals surface area contributed by atoms with E-state index in [1.807, 2.05) is 24.4 Å². The number of para-hydroxylation sites is 1. The topological polar surface area (TPSA) is 22.1 Å². The quantitative estimate of drug-likeness (QED) is 0.635. The number of nitrogens with zero attached hydrogens (tertiary/aromatic N) is 1. The van der Waals surface area contributed by atoms with Crippen molar-refractivity contribution in [3.05, 3.63) is 42.1 Å². The van der Waals surface area contributed by atoms with Gasteiger partial charge in [0.1, 0.15) is 0 Å². The van der Waals surface area contributed by atoms with E-state index in [-0.39, 0.29) is 0 Å². The van der Waals surface area contributed by atoms with Crippen molar-refractivity contribution in [1.82, 2.24) is 4.98 Å². The fourth-order valence-electron chi connectivity index (χ4n) is 1.18. The number of ether oxygens (including phenoxy) is 1. The first-order chi connectivity index (χ1) is 6.77. The first-order valence-electron chi connectivity index (χ1n) is 4.49. The van der Waals surface area contributed by atoms with Crippen LogP contribution in [0.25, 0.3) is 10.9 Å². The van der Waals surface area contributed by atoms with Gasteiger partial charge in [0, 0.05) is 25.8 Å². The maximum absolute atomic E-state index is 4.28. The third kappa shape index (κ3) is 2.82. The second-order valence-electron chi connectivity index (χ2n) is 3.11. The van der Waals surface area contributed by atoms with E-state index in [0.717, 1.165) is 5.52 Å². The predicted octanol–water partition coefficient (Wildman–Crippen LogP) is 2.81. The summed E-state index contributed by atoms with van der Waals surface area (Å²) in [6.45, 7) is 2.06. The van der Waals surface area contributed by atoms with Gasteiger partial charge in [0.25, 0.3) is 0 Å². The molecule has 1 aromatic heterocycles. The van der Waals surface area contributed by atoms with Gasteiger partial charge < -0.3 is 4.74 Å². The van der Waals surface area contributed by atoms with Gasteiger partial charge in [-0.05, 0) is 24.6 Å². The van der Waals surface area contributed by atoms with Gasteiger partial charge in [-0.25, -0.2) is 0 Å². The molecule has 0 N–H and O–H groups in total. The van der Waals surface area contributed by atoms with Crippen molar-refractivity contribution >= 4 is 10.9 Å². The molecule has 0 saturated heterocycles. The first-order valence-corrected chi connectivity index (χ1v) is 4.49. The Morgan fingerprint density at radius 1 is 1.14 bits per heavy atom. The standard InChI is InChI=1S/C10H9N.C2H6O/c1-8-6-9-4-2-3-5-10(9)11-7-8;1-3-2/h2-7H,1H3;1-2H3. The minimum Gasteiger partial charge on any atom is -0.388 e. The summed E-state index contributed by atoms with van der Waals surface area (Å²) in [5, 5.41) is 1.22. The van der Waals surface area contributed by atoms with Crippen LogP contribution < -0.4 is 0 Å². The van der Waals surface area contributed by atoms with Crippen molar-refractivity contribution in [3.8, 4) is 0 Å². The molecule has 14 heavy (non-hydrogen) atoms. The number of aromatic nitrogens is 1. The zero-order valence-electron chi connectivity index (χ0n) is 8.82. The largest absolute Gasteiger partial charge is 0.388 e. The van der Waals surface area contributed by atoms with Crippen molar-refractivity contribution in [2.75, 3.05) is 14.2 Å². The average Bonchev–Trinajstić information content (AvgIpc) is 2.19. The minimum atomic E-state index is 1.07. The Morgan fingerprint density at radius 3 is 2.50 bits per heavy atom. The van der Waals surface area contributed by atoms with Crippen LogP contribution in [0.1, 0.15) is 5.56 Å². The van der Waals surface area contributed by atoms with Gasteiger partial charge in [-0.3, -0.25) is 4.98 Å². The van der Waals surface area contributed by atoms with Crippen molar-refractivity contribution in [1.29, 1.82) is 0 Å². The van der Waals surface area contributed by atoms with E-state index in [4.69, 9.17) is 0 Å². The third-order valence-corrected chi connectivity index (χ3v) is 1.73. The number of aryl methyl sites for hydroxylation is 1. The van der Waals surface area contributed by atoms with E-state index < -0.39 is 0 Å². The van der Waals surface area contributed by atoms with E-state index in [0.29, 0.717) is 0 Å². The number of pyridine rings is 1. The molecule has 1 aromatic carbocycles. The van der Waals surface area contributed by atoms with Gasteiger partial charge in [-0.15, -0.1) is 0 Å². The number of rotatable bonds is 0. The molecule has 0 unspecified atom stereocenters. The van der Waals surface area contributed by atoms with Crippen LogP contribution in [-0.4, -0.2) is 19.2 Å². The highest BCUT2D eigenvalue weighted by atomic mass is 16.4. The lowest BCUT2D eigenvalue weighted by Gasteiger charge is -1.95. The molecule has 2 nitrogen and oxygen atoms in total. The Labute approximate surface area is 84.5 Å². The molecule has 0 spiro atoms. The van der Waals surface area contributed by atoms with Crippen LogP contribution in [0.2, 0.25) is 0 Å². The fourth-order valence-corrected chi connectivity index (χ4v) is 1.18. The van der Waals surface area contributed by atoms with E-state index in [1.54, 1.807) is 14.2 Å². The average molecular weight is 189 g/mol. The summed E-state index contributed by atoms with van der Waals surface area (Å²) in [4.78, 5) is 4.28. The highest BCUT2D eigenvalue weighted by Crippen LogP contribution is 2.11. The lowest BCUT2D eigenvalue weighted by atomic mass is 10.2. The van der Waals surface area contributed by atoms with Crippen molar-refractivity contribution in [2.24, 2.45) is 0 Å². The van der Waals surface area contributed by atoms with Crippen molar-refractivity contribution < 1.29 is 4.74 Å². The van der Waals surface area contributed by atoms with E-state index >= 15 is 0 Å². The molecule has 0 bridgehead atoms. The van der Waals surface area contributed by atoms with Gasteiger partial charge in [-0.2, -0.15) is 0 Å². The molecule has 0 saturated carbocycles. The normalized spacial score (nSPS) is 9.36. The van der Waals surface area contributed by atoms with Crippen LogP contribution in [-0.2, 0) is 4.74 Å². The van der Waals surface area contributed by atoms with E-state index in [1.165, 1.54) is 10.9 Å². The van der Waals surface area contributed by atoms with Crippen LogP contribution in [0, 0.1) is 6.92 Å². The lowest BCUT2D eigenvalue weighted by molar-refractivity contribution is 0.277. The third-order valence-electron chi connectivity index (χ3n) is 1.73. The second kappa shape index (κ2) is 5.35. The van der Waals surface area contributed by atoms with Gasteiger partial charge in [-0.1, -0.05) is 18.2 Å². The SMILES string of the molecule is COC.Cc1cnc2ccccc2c1. The summed E-state index contributed by atoms with van der Waals surface area (Å²) < 4.78 is 4.25. The van der Waals surface area contributed by atoms with E-state index in [2.05, 4.69) is 28.8 Å². The summed E-state index contributed by atoms with van der Waals surface area (Å²) in [6, 6.07) is 10.3. The molecule has 74 valence electrons. The summed E-state index contributed by atoms with van der Waals surface area (Å²) in [5.74, 6) is 0.